The van der Waals surface area contributed by atoms with Crippen molar-refractivity contribution < 1.29 is 9.53 Å². The van der Waals surface area contributed by atoms with Crippen molar-refractivity contribution in [2.45, 2.75) is 39.4 Å². The van der Waals surface area contributed by atoms with Crippen LogP contribution in [0, 0.1) is 17.2 Å². The van der Waals surface area contributed by atoms with E-state index < -0.39 is 6.10 Å². The summed E-state index contributed by atoms with van der Waals surface area (Å²) in [5, 5.41) is 11.2. The average molecular weight is 379 g/mol. The normalized spacial score (nSPS) is 13.2. The summed E-state index contributed by atoms with van der Waals surface area (Å²) < 4.78 is 7.05. The summed E-state index contributed by atoms with van der Waals surface area (Å²) in [5.74, 6) is 0.0344. The zero-order valence-corrected chi connectivity index (χ0v) is 15.4. The van der Waals surface area contributed by atoms with Crippen LogP contribution < -0.4 is 5.32 Å². The molecule has 2 atom stereocenters. The number of nitriles is 1. The van der Waals surface area contributed by atoms with Crippen molar-refractivity contribution >= 4 is 21.8 Å². The van der Waals surface area contributed by atoms with Crippen LogP contribution in [0.4, 0.5) is 0 Å². The lowest BCUT2D eigenvalue weighted by Gasteiger charge is -2.26. The summed E-state index contributed by atoms with van der Waals surface area (Å²) in [6, 6.07) is 9.67. The molecule has 1 aromatic carbocycles. The topological polar surface area (TPSA) is 62.1 Å². The van der Waals surface area contributed by atoms with E-state index in [1.165, 1.54) is 0 Å². The predicted molar refractivity (Wildman–Crippen MR) is 94.6 cm³/mol. The molecule has 0 aliphatic heterocycles. The number of ether oxygens (including phenoxy) is 1. The van der Waals surface area contributed by atoms with Gasteiger partial charge in [0.25, 0.3) is 0 Å². The Kier molecular flexibility index (Phi) is 8.01. The number of nitrogens with zero attached hydrogens (tertiary/aromatic N) is 1. The minimum Gasteiger partial charge on any atom is -0.356 e. The van der Waals surface area contributed by atoms with Crippen LogP contribution >= 0.6 is 15.9 Å². The minimum atomic E-state index is -0.617. The molecule has 4 nitrogen and oxygen atoms in total. The second kappa shape index (κ2) is 9.49. The van der Waals surface area contributed by atoms with Gasteiger partial charge in [-0.25, -0.2) is 0 Å². The van der Waals surface area contributed by atoms with E-state index in [1.54, 1.807) is 0 Å². The molecule has 1 amide bonds. The van der Waals surface area contributed by atoms with Gasteiger partial charge in [0.15, 0.2) is 0 Å². The molecule has 0 spiro atoms. The molecule has 0 radical (unpaired) electrons. The lowest BCUT2D eigenvalue weighted by Crippen LogP contribution is -2.38. The van der Waals surface area contributed by atoms with E-state index in [4.69, 9.17) is 10.00 Å². The number of hydrogen-bond donors (Lipinski definition) is 1. The molecular formula is C18H23BrN2O2. The fourth-order valence-corrected chi connectivity index (χ4v) is 2.44. The summed E-state index contributed by atoms with van der Waals surface area (Å²) in [5.41, 5.74) is 1.77. The van der Waals surface area contributed by atoms with Crippen LogP contribution in [0.3, 0.4) is 0 Å². The summed E-state index contributed by atoms with van der Waals surface area (Å²) in [6.07, 6.45) is -0.397. The molecule has 0 saturated carbocycles. The van der Waals surface area contributed by atoms with Crippen molar-refractivity contribution in [3.8, 4) is 6.07 Å². The van der Waals surface area contributed by atoms with Gasteiger partial charge in [0.2, 0.25) is 5.91 Å². The molecule has 1 unspecified atom stereocenters. The van der Waals surface area contributed by atoms with E-state index in [-0.39, 0.29) is 18.6 Å². The molecule has 0 saturated heterocycles. The van der Waals surface area contributed by atoms with Gasteiger partial charge in [0, 0.05) is 4.47 Å². The van der Waals surface area contributed by atoms with E-state index in [0.717, 1.165) is 15.6 Å². The Labute approximate surface area is 146 Å². The Morgan fingerprint density at radius 2 is 2.00 bits per heavy atom. The first-order chi connectivity index (χ1) is 10.8. The number of benzene rings is 1. The third-order valence-corrected chi connectivity index (χ3v) is 3.77. The number of carbonyl (C=O) groups excluding carboxylic acids is 1. The van der Waals surface area contributed by atoms with Crippen LogP contribution in [0.5, 0.6) is 0 Å². The van der Waals surface area contributed by atoms with E-state index >= 15 is 0 Å². The molecule has 124 valence electrons. The first kappa shape index (κ1) is 19.4. The lowest BCUT2D eigenvalue weighted by molar-refractivity contribution is -0.136. The zero-order chi connectivity index (χ0) is 17.4. The smallest absolute Gasteiger partial charge is 0.250 e. The van der Waals surface area contributed by atoms with Crippen molar-refractivity contribution in [2.75, 3.05) is 6.54 Å². The fourth-order valence-electron chi connectivity index (χ4n) is 2.17. The van der Waals surface area contributed by atoms with Crippen LogP contribution in [-0.2, 0) is 9.53 Å². The molecule has 0 bridgehead atoms. The summed E-state index contributed by atoms with van der Waals surface area (Å²) >= 11 is 3.41. The zero-order valence-electron chi connectivity index (χ0n) is 13.8. The number of carbonyl (C=O) groups is 1. The van der Waals surface area contributed by atoms with Crippen LogP contribution in [0.15, 0.2) is 40.9 Å². The van der Waals surface area contributed by atoms with E-state index in [1.807, 2.05) is 51.1 Å². The van der Waals surface area contributed by atoms with Gasteiger partial charge in [-0.15, -0.1) is 0 Å². The van der Waals surface area contributed by atoms with Gasteiger partial charge in [0.1, 0.15) is 18.8 Å². The summed E-state index contributed by atoms with van der Waals surface area (Å²) in [4.78, 5) is 12.3. The SMILES string of the molecule is C=C(C)C(O[C@@H](CC(C)C)C(=O)NCC#N)c1ccc(Br)cc1. The van der Waals surface area contributed by atoms with Crippen LogP contribution in [-0.4, -0.2) is 18.6 Å². The molecule has 0 aliphatic rings. The average Bonchev–Trinajstić information content (AvgIpc) is 2.49. The van der Waals surface area contributed by atoms with Gasteiger partial charge in [-0.1, -0.05) is 48.5 Å². The first-order valence-corrected chi connectivity index (χ1v) is 8.35. The minimum absolute atomic E-state index is 0.0210. The largest absolute Gasteiger partial charge is 0.356 e. The molecule has 1 aromatic rings. The summed E-state index contributed by atoms with van der Waals surface area (Å²) in [6.45, 7) is 9.91. The highest BCUT2D eigenvalue weighted by atomic mass is 79.9. The number of amides is 1. The van der Waals surface area contributed by atoms with Gasteiger partial charge in [-0.3, -0.25) is 4.79 Å². The number of rotatable bonds is 8. The molecule has 5 heteroatoms. The van der Waals surface area contributed by atoms with Gasteiger partial charge < -0.3 is 10.1 Å². The van der Waals surface area contributed by atoms with E-state index in [2.05, 4.69) is 27.8 Å². The highest BCUT2D eigenvalue weighted by Gasteiger charge is 2.25. The molecule has 23 heavy (non-hydrogen) atoms. The fraction of sp³-hybridized carbons (Fsp3) is 0.444. The van der Waals surface area contributed by atoms with E-state index in [9.17, 15) is 4.79 Å². The molecule has 0 heterocycles. The molecular weight excluding hydrogens is 356 g/mol. The molecule has 1 rings (SSSR count). The maximum Gasteiger partial charge on any atom is 0.250 e. The second-order valence-electron chi connectivity index (χ2n) is 5.91. The number of hydrogen-bond acceptors (Lipinski definition) is 3. The quantitative estimate of drug-likeness (QED) is 0.546. The van der Waals surface area contributed by atoms with Crippen molar-refractivity contribution in [3.05, 3.63) is 46.5 Å². The second-order valence-corrected chi connectivity index (χ2v) is 6.82. The van der Waals surface area contributed by atoms with Crippen molar-refractivity contribution in [3.63, 3.8) is 0 Å². The van der Waals surface area contributed by atoms with Crippen molar-refractivity contribution in [2.24, 2.45) is 5.92 Å². The highest BCUT2D eigenvalue weighted by Crippen LogP contribution is 2.28. The first-order valence-electron chi connectivity index (χ1n) is 7.56. The maximum atomic E-state index is 12.3. The Hall–Kier alpha value is -1.64. The van der Waals surface area contributed by atoms with Crippen LogP contribution in [0.1, 0.15) is 38.9 Å². The molecule has 1 N–H and O–H groups in total. The highest BCUT2D eigenvalue weighted by molar-refractivity contribution is 9.10. The Morgan fingerprint density at radius 1 is 1.39 bits per heavy atom. The van der Waals surface area contributed by atoms with Gasteiger partial charge in [-0.2, -0.15) is 5.26 Å². The van der Waals surface area contributed by atoms with Gasteiger partial charge in [0.05, 0.1) is 6.07 Å². The molecule has 0 aromatic heterocycles. The third kappa shape index (κ3) is 6.55. The van der Waals surface area contributed by atoms with Gasteiger partial charge in [-0.05, 0) is 42.5 Å². The third-order valence-electron chi connectivity index (χ3n) is 3.24. The number of nitrogens with one attached hydrogen (secondary N) is 1. The monoisotopic (exact) mass is 378 g/mol. The number of halogens is 1. The predicted octanol–water partition coefficient (Wildman–Crippen LogP) is 4.14. The van der Waals surface area contributed by atoms with E-state index in [0.29, 0.717) is 12.3 Å². The van der Waals surface area contributed by atoms with Gasteiger partial charge >= 0.3 is 0 Å². The van der Waals surface area contributed by atoms with Crippen LogP contribution in [0.25, 0.3) is 0 Å². The maximum absolute atomic E-state index is 12.3. The Morgan fingerprint density at radius 3 is 2.48 bits per heavy atom. The standard InChI is InChI=1S/C18H23BrN2O2/c1-12(2)11-16(18(22)21-10-9-20)23-17(13(3)4)14-5-7-15(19)8-6-14/h5-8,12,16-17H,3,10-11H2,1-2,4H3,(H,21,22)/t16-,17?/m0/s1. The molecule has 0 fully saturated rings. The Balaban J connectivity index is 2.95. The van der Waals surface area contributed by atoms with Crippen molar-refractivity contribution in [1.82, 2.24) is 5.32 Å². The lowest BCUT2D eigenvalue weighted by atomic mass is 10.0. The summed E-state index contributed by atoms with van der Waals surface area (Å²) in [7, 11) is 0. The Bertz CT molecular complexity index is 576. The van der Waals surface area contributed by atoms with Crippen LogP contribution in [0.2, 0.25) is 0 Å². The van der Waals surface area contributed by atoms with Crippen molar-refractivity contribution in [1.29, 1.82) is 5.26 Å². The molecule has 0 aliphatic carbocycles.